The van der Waals surface area contributed by atoms with Crippen LogP contribution in [0.25, 0.3) is 0 Å². The van der Waals surface area contributed by atoms with Gasteiger partial charge in [-0.25, -0.2) is 8.42 Å². The van der Waals surface area contributed by atoms with Crippen molar-refractivity contribution in [2.24, 2.45) is 0 Å². The van der Waals surface area contributed by atoms with Crippen molar-refractivity contribution in [2.75, 3.05) is 19.6 Å². The van der Waals surface area contributed by atoms with E-state index in [9.17, 15) is 8.42 Å². The minimum absolute atomic E-state index is 0.0289. The molecule has 1 heterocycles. The van der Waals surface area contributed by atoms with E-state index in [1.165, 1.54) is 0 Å². The average molecular weight is 289 g/mol. The number of halogens is 1. The number of hydrogen-bond donors (Lipinski definition) is 1. The highest BCUT2D eigenvalue weighted by Gasteiger charge is 2.31. The lowest BCUT2D eigenvalue weighted by Crippen LogP contribution is -2.52. The SMILES string of the molecule is Cc1cc(Cl)ccc1S(=O)(=O)N1CCNC[C@@H]1C. The Kier molecular flexibility index (Phi) is 3.96. The van der Waals surface area contributed by atoms with Gasteiger partial charge in [-0.15, -0.1) is 0 Å². The topological polar surface area (TPSA) is 49.4 Å². The predicted octanol–water partition coefficient (Wildman–Crippen LogP) is 1.63. The van der Waals surface area contributed by atoms with Gasteiger partial charge in [0.1, 0.15) is 0 Å². The fourth-order valence-electron chi connectivity index (χ4n) is 2.21. The number of nitrogens with zero attached hydrogens (tertiary/aromatic N) is 1. The Morgan fingerprint density at radius 2 is 2.17 bits per heavy atom. The van der Waals surface area contributed by atoms with Gasteiger partial charge < -0.3 is 5.32 Å². The largest absolute Gasteiger partial charge is 0.314 e. The molecular weight excluding hydrogens is 272 g/mol. The molecule has 1 aromatic rings. The van der Waals surface area contributed by atoms with Gasteiger partial charge >= 0.3 is 0 Å². The maximum Gasteiger partial charge on any atom is 0.243 e. The molecule has 100 valence electrons. The maximum atomic E-state index is 12.6. The first kappa shape index (κ1) is 13.8. The predicted molar refractivity (Wildman–Crippen MR) is 72.4 cm³/mol. The van der Waals surface area contributed by atoms with E-state index in [0.717, 1.165) is 0 Å². The fourth-order valence-corrected chi connectivity index (χ4v) is 4.27. The Balaban J connectivity index is 2.41. The summed E-state index contributed by atoms with van der Waals surface area (Å²) in [6.45, 7) is 5.56. The Bertz CT molecular complexity index is 545. The van der Waals surface area contributed by atoms with Gasteiger partial charge in [0.2, 0.25) is 10.0 Å². The number of piperazine rings is 1. The van der Waals surface area contributed by atoms with Gasteiger partial charge in [-0.2, -0.15) is 4.31 Å². The van der Waals surface area contributed by atoms with Crippen LogP contribution in [0.4, 0.5) is 0 Å². The third-order valence-electron chi connectivity index (χ3n) is 3.16. The molecule has 0 radical (unpaired) electrons. The molecule has 1 fully saturated rings. The van der Waals surface area contributed by atoms with E-state index in [1.807, 2.05) is 6.92 Å². The highest BCUT2D eigenvalue weighted by Crippen LogP contribution is 2.24. The van der Waals surface area contributed by atoms with E-state index in [-0.39, 0.29) is 6.04 Å². The van der Waals surface area contributed by atoms with Crippen LogP contribution in [-0.2, 0) is 10.0 Å². The Hall–Kier alpha value is -0.620. The Labute approximate surface area is 113 Å². The van der Waals surface area contributed by atoms with Crippen LogP contribution >= 0.6 is 11.6 Å². The van der Waals surface area contributed by atoms with Crippen molar-refractivity contribution < 1.29 is 8.42 Å². The third kappa shape index (κ3) is 2.54. The summed E-state index contributed by atoms with van der Waals surface area (Å²) in [4.78, 5) is 0.348. The second kappa shape index (κ2) is 5.17. The van der Waals surface area contributed by atoms with Crippen molar-refractivity contribution in [3.05, 3.63) is 28.8 Å². The molecule has 0 spiro atoms. The molecular formula is C12H17ClN2O2S. The molecule has 18 heavy (non-hydrogen) atoms. The summed E-state index contributed by atoms with van der Waals surface area (Å²) in [6, 6.07) is 4.86. The molecule has 0 aliphatic carbocycles. The first-order valence-electron chi connectivity index (χ1n) is 5.91. The summed E-state index contributed by atoms with van der Waals surface area (Å²) in [7, 11) is -3.42. The van der Waals surface area contributed by atoms with E-state index >= 15 is 0 Å². The molecule has 1 saturated heterocycles. The summed E-state index contributed by atoms with van der Waals surface area (Å²) in [6.07, 6.45) is 0. The van der Waals surface area contributed by atoms with Crippen molar-refractivity contribution in [1.82, 2.24) is 9.62 Å². The van der Waals surface area contributed by atoms with Crippen LogP contribution in [-0.4, -0.2) is 38.4 Å². The van der Waals surface area contributed by atoms with E-state index in [1.54, 1.807) is 29.4 Å². The molecule has 1 atom stereocenters. The molecule has 1 aliphatic heterocycles. The molecule has 0 unspecified atom stereocenters. The molecule has 0 saturated carbocycles. The summed E-state index contributed by atoms with van der Waals surface area (Å²) in [5, 5.41) is 3.74. The number of benzene rings is 1. The van der Waals surface area contributed by atoms with Crippen molar-refractivity contribution in [2.45, 2.75) is 24.8 Å². The van der Waals surface area contributed by atoms with Crippen LogP contribution in [0, 0.1) is 6.92 Å². The van der Waals surface area contributed by atoms with Crippen molar-refractivity contribution >= 4 is 21.6 Å². The average Bonchev–Trinajstić information content (AvgIpc) is 2.28. The van der Waals surface area contributed by atoms with Crippen LogP contribution in [0.5, 0.6) is 0 Å². The van der Waals surface area contributed by atoms with E-state index in [4.69, 9.17) is 11.6 Å². The van der Waals surface area contributed by atoms with Gasteiger partial charge in [-0.05, 0) is 37.6 Å². The number of sulfonamides is 1. The van der Waals surface area contributed by atoms with Crippen molar-refractivity contribution in [1.29, 1.82) is 0 Å². The van der Waals surface area contributed by atoms with Crippen LogP contribution < -0.4 is 5.32 Å². The lowest BCUT2D eigenvalue weighted by atomic mass is 10.2. The molecule has 6 heteroatoms. The minimum Gasteiger partial charge on any atom is -0.314 e. The number of nitrogens with one attached hydrogen (secondary N) is 1. The van der Waals surface area contributed by atoms with Crippen LogP contribution in [0.15, 0.2) is 23.1 Å². The van der Waals surface area contributed by atoms with Gasteiger partial charge in [0.25, 0.3) is 0 Å². The fraction of sp³-hybridized carbons (Fsp3) is 0.500. The minimum atomic E-state index is -3.42. The summed E-state index contributed by atoms with van der Waals surface area (Å²) in [5.41, 5.74) is 0.688. The first-order valence-corrected chi connectivity index (χ1v) is 7.73. The quantitative estimate of drug-likeness (QED) is 0.900. The summed E-state index contributed by atoms with van der Waals surface area (Å²) in [5.74, 6) is 0. The van der Waals surface area contributed by atoms with E-state index in [0.29, 0.717) is 35.1 Å². The van der Waals surface area contributed by atoms with Gasteiger partial charge in [0, 0.05) is 30.7 Å². The number of hydrogen-bond acceptors (Lipinski definition) is 3. The van der Waals surface area contributed by atoms with Crippen LogP contribution in [0.3, 0.4) is 0 Å². The molecule has 1 aliphatic rings. The normalized spacial score (nSPS) is 22.1. The highest BCUT2D eigenvalue weighted by atomic mass is 35.5. The molecule has 2 rings (SSSR count). The summed E-state index contributed by atoms with van der Waals surface area (Å²) >= 11 is 5.86. The Morgan fingerprint density at radius 3 is 2.78 bits per heavy atom. The zero-order valence-corrected chi connectivity index (χ0v) is 12.1. The lowest BCUT2D eigenvalue weighted by Gasteiger charge is -2.33. The third-order valence-corrected chi connectivity index (χ3v) is 5.57. The van der Waals surface area contributed by atoms with Gasteiger partial charge in [0.15, 0.2) is 0 Å². The Morgan fingerprint density at radius 1 is 1.44 bits per heavy atom. The molecule has 0 bridgehead atoms. The van der Waals surface area contributed by atoms with Crippen molar-refractivity contribution in [3.63, 3.8) is 0 Å². The smallest absolute Gasteiger partial charge is 0.243 e. The second-order valence-electron chi connectivity index (χ2n) is 4.58. The zero-order chi connectivity index (χ0) is 13.3. The van der Waals surface area contributed by atoms with Crippen LogP contribution in [0.1, 0.15) is 12.5 Å². The highest BCUT2D eigenvalue weighted by molar-refractivity contribution is 7.89. The molecule has 1 N–H and O–H groups in total. The number of rotatable bonds is 2. The summed E-state index contributed by atoms with van der Waals surface area (Å²) < 4.78 is 26.7. The van der Waals surface area contributed by atoms with Gasteiger partial charge in [-0.3, -0.25) is 0 Å². The van der Waals surface area contributed by atoms with Crippen molar-refractivity contribution in [3.8, 4) is 0 Å². The first-order chi connectivity index (χ1) is 8.43. The zero-order valence-electron chi connectivity index (χ0n) is 10.5. The van der Waals surface area contributed by atoms with E-state index in [2.05, 4.69) is 5.32 Å². The van der Waals surface area contributed by atoms with E-state index < -0.39 is 10.0 Å². The lowest BCUT2D eigenvalue weighted by molar-refractivity contribution is 0.283. The maximum absolute atomic E-state index is 12.6. The molecule has 0 aromatic heterocycles. The molecule has 4 nitrogen and oxygen atoms in total. The second-order valence-corrected chi connectivity index (χ2v) is 6.87. The monoisotopic (exact) mass is 288 g/mol. The molecule has 1 aromatic carbocycles. The molecule has 0 amide bonds. The standard InChI is InChI=1S/C12H17ClN2O2S/c1-9-7-11(13)3-4-12(9)18(16,17)15-6-5-14-8-10(15)2/h3-4,7,10,14H,5-6,8H2,1-2H3/t10-/m0/s1. The van der Waals surface area contributed by atoms with Crippen LogP contribution in [0.2, 0.25) is 5.02 Å². The number of aryl methyl sites for hydroxylation is 1. The van der Waals surface area contributed by atoms with Gasteiger partial charge in [0.05, 0.1) is 4.90 Å². The van der Waals surface area contributed by atoms with Gasteiger partial charge in [-0.1, -0.05) is 11.6 Å².